The van der Waals surface area contributed by atoms with Crippen LogP contribution in [-0.2, 0) is 0 Å². The van der Waals surface area contributed by atoms with Crippen molar-refractivity contribution in [2.75, 3.05) is 27.2 Å². The minimum Gasteiger partial charge on any atom is -0.368 e. The maximum absolute atomic E-state index is 5.62. The molecule has 1 rings (SSSR count). The fourth-order valence-electron chi connectivity index (χ4n) is 1.66. The molecule has 1 aliphatic rings. The lowest BCUT2D eigenvalue weighted by atomic mass is 10.0. The van der Waals surface area contributed by atoms with Gasteiger partial charge in [-0.2, -0.15) is 0 Å². The summed E-state index contributed by atoms with van der Waals surface area (Å²) in [6.45, 7) is 2.24. The van der Waals surface area contributed by atoms with Gasteiger partial charge in [-0.05, 0) is 33.0 Å². The first-order chi connectivity index (χ1) is 6.15. The van der Waals surface area contributed by atoms with Gasteiger partial charge in [0, 0.05) is 13.1 Å². The summed E-state index contributed by atoms with van der Waals surface area (Å²) >= 11 is 0. The fraction of sp³-hybridized carbons (Fsp3) is 0.875. The van der Waals surface area contributed by atoms with Gasteiger partial charge in [0.05, 0.1) is 0 Å². The number of piperidine rings is 1. The van der Waals surface area contributed by atoms with Gasteiger partial charge < -0.3 is 21.4 Å². The molecular formula is C8H19N5. The first-order valence-electron chi connectivity index (χ1n) is 4.60. The highest BCUT2D eigenvalue weighted by atomic mass is 15.3. The van der Waals surface area contributed by atoms with Crippen molar-refractivity contribution in [1.29, 1.82) is 0 Å². The van der Waals surface area contributed by atoms with Gasteiger partial charge in [-0.3, -0.25) is 0 Å². The smallest absolute Gasteiger partial charge is 0.213 e. The van der Waals surface area contributed by atoms with E-state index in [0.29, 0.717) is 12.0 Å². The molecule has 0 radical (unpaired) electrons. The zero-order chi connectivity index (χ0) is 9.84. The summed E-state index contributed by atoms with van der Waals surface area (Å²) in [6, 6.07) is 0.489. The fourth-order valence-corrected chi connectivity index (χ4v) is 1.66. The van der Waals surface area contributed by atoms with E-state index < -0.39 is 0 Å². The number of likely N-dealkylation sites (tertiary alicyclic amines) is 1. The SMILES string of the molecule is CN1CCC(N(C)C(N)=NN)CC1. The van der Waals surface area contributed by atoms with Crippen LogP contribution in [0.5, 0.6) is 0 Å². The number of hydrazone groups is 1. The largest absolute Gasteiger partial charge is 0.368 e. The maximum atomic E-state index is 5.62. The Labute approximate surface area is 79.4 Å². The highest BCUT2D eigenvalue weighted by molar-refractivity contribution is 5.77. The quantitative estimate of drug-likeness (QED) is 0.243. The summed E-state index contributed by atoms with van der Waals surface area (Å²) < 4.78 is 0. The third-order valence-corrected chi connectivity index (χ3v) is 2.73. The predicted molar refractivity (Wildman–Crippen MR) is 54.1 cm³/mol. The van der Waals surface area contributed by atoms with Crippen molar-refractivity contribution in [3.05, 3.63) is 0 Å². The molecule has 0 unspecified atom stereocenters. The Morgan fingerprint density at radius 3 is 2.46 bits per heavy atom. The molecule has 1 saturated heterocycles. The lowest BCUT2D eigenvalue weighted by molar-refractivity contribution is 0.191. The Bertz CT molecular complexity index is 183. The van der Waals surface area contributed by atoms with Crippen LogP contribution in [0.4, 0.5) is 0 Å². The molecule has 1 aliphatic heterocycles. The van der Waals surface area contributed by atoms with Crippen molar-refractivity contribution in [2.45, 2.75) is 18.9 Å². The van der Waals surface area contributed by atoms with Crippen molar-refractivity contribution in [3.63, 3.8) is 0 Å². The average Bonchev–Trinajstić information content (AvgIpc) is 2.17. The third kappa shape index (κ3) is 2.48. The molecule has 4 N–H and O–H groups in total. The van der Waals surface area contributed by atoms with Crippen LogP contribution in [0.15, 0.2) is 5.10 Å². The summed E-state index contributed by atoms with van der Waals surface area (Å²) in [5.41, 5.74) is 5.62. The zero-order valence-electron chi connectivity index (χ0n) is 8.40. The van der Waals surface area contributed by atoms with Crippen LogP contribution in [0.3, 0.4) is 0 Å². The molecule has 0 aromatic heterocycles. The molecule has 0 spiro atoms. The topological polar surface area (TPSA) is 70.9 Å². The zero-order valence-corrected chi connectivity index (χ0v) is 8.40. The molecular weight excluding hydrogens is 166 g/mol. The van der Waals surface area contributed by atoms with E-state index in [1.54, 1.807) is 0 Å². The van der Waals surface area contributed by atoms with Gasteiger partial charge in [0.25, 0.3) is 0 Å². The number of nitrogens with zero attached hydrogens (tertiary/aromatic N) is 3. The van der Waals surface area contributed by atoms with E-state index in [9.17, 15) is 0 Å². The molecule has 0 amide bonds. The Balaban J connectivity index is 2.44. The third-order valence-electron chi connectivity index (χ3n) is 2.73. The van der Waals surface area contributed by atoms with Crippen LogP contribution in [0, 0.1) is 0 Å². The molecule has 0 bridgehead atoms. The molecule has 0 aliphatic carbocycles. The van der Waals surface area contributed by atoms with E-state index in [1.165, 1.54) is 0 Å². The van der Waals surface area contributed by atoms with Gasteiger partial charge in [-0.1, -0.05) is 0 Å². The Hall–Kier alpha value is -0.970. The second-order valence-electron chi connectivity index (χ2n) is 3.63. The molecule has 1 heterocycles. The van der Waals surface area contributed by atoms with Gasteiger partial charge in [-0.25, -0.2) is 0 Å². The monoisotopic (exact) mass is 185 g/mol. The van der Waals surface area contributed by atoms with Crippen LogP contribution in [0.25, 0.3) is 0 Å². The van der Waals surface area contributed by atoms with Gasteiger partial charge in [0.2, 0.25) is 5.96 Å². The minimum absolute atomic E-state index is 0.426. The van der Waals surface area contributed by atoms with E-state index in [0.717, 1.165) is 25.9 Å². The van der Waals surface area contributed by atoms with Crippen LogP contribution in [0.1, 0.15) is 12.8 Å². The number of hydrogen-bond acceptors (Lipinski definition) is 3. The highest BCUT2D eigenvalue weighted by Crippen LogP contribution is 2.13. The molecule has 1 fully saturated rings. The maximum Gasteiger partial charge on any atom is 0.213 e. The molecule has 13 heavy (non-hydrogen) atoms. The molecule has 5 heteroatoms. The van der Waals surface area contributed by atoms with Gasteiger partial charge in [0.15, 0.2) is 0 Å². The summed E-state index contributed by atoms with van der Waals surface area (Å²) in [4.78, 5) is 4.28. The van der Waals surface area contributed by atoms with Crippen molar-refractivity contribution in [1.82, 2.24) is 9.80 Å². The van der Waals surface area contributed by atoms with E-state index in [2.05, 4.69) is 17.0 Å². The Morgan fingerprint density at radius 2 is 2.00 bits per heavy atom. The molecule has 0 atom stereocenters. The number of hydrogen-bond donors (Lipinski definition) is 2. The molecule has 0 aromatic carbocycles. The lowest BCUT2D eigenvalue weighted by Gasteiger charge is -2.35. The van der Waals surface area contributed by atoms with E-state index in [1.807, 2.05) is 11.9 Å². The van der Waals surface area contributed by atoms with Crippen molar-refractivity contribution in [2.24, 2.45) is 16.7 Å². The van der Waals surface area contributed by atoms with Gasteiger partial charge in [-0.15, -0.1) is 5.10 Å². The highest BCUT2D eigenvalue weighted by Gasteiger charge is 2.21. The van der Waals surface area contributed by atoms with Crippen LogP contribution in [-0.4, -0.2) is 49.0 Å². The van der Waals surface area contributed by atoms with Crippen molar-refractivity contribution in [3.8, 4) is 0 Å². The summed E-state index contributed by atoms with van der Waals surface area (Å²) in [5.74, 6) is 5.54. The standard InChI is InChI=1S/C8H19N5/c1-12-5-3-7(4-6-12)13(2)8(9)11-10/h7H,3-6,10H2,1-2H3,(H2,9,11). The van der Waals surface area contributed by atoms with Crippen molar-refractivity contribution >= 4 is 5.96 Å². The first-order valence-corrected chi connectivity index (χ1v) is 4.60. The molecule has 76 valence electrons. The number of rotatable bonds is 1. The van der Waals surface area contributed by atoms with Gasteiger partial charge in [0.1, 0.15) is 0 Å². The predicted octanol–water partition coefficient (Wildman–Crippen LogP) is -0.799. The van der Waals surface area contributed by atoms with E-state index in [-0.39, 0.29) is 0 Å². The number of nitrogens with two attached hydrogens (primary N) is 2. The molecule has 0 aromatic rings. The number of guanidine groups is 1. The summed E-state index contributed by atoms with van der Waals surface area (Å²) in [5, 5.41) is 3.49. The second kappa shape index (κ2) is 4.32. The van der Waals surface area contributed by atoms with Gasteiger partial charge >= 0.3 is 0 Å². The van der Waals surface area contributed by atoms with Crippen molar-refractivity contribution < 1.29 is 0 Å². The second-order valence-corrected chi connectivity index (χ2v) is 3.63. The van der Waals surface area contributed by atoms with Crippen LogP contribution < -0.4 is 11.6 Å². The Morgan fingerprint density at radius 1 is 1.46 bits per heavy atom. The minimum atomic E-state index is 0.426. The Kier molecular flexibility index (Phi) is 3.36. The molecule has 0 saturated carbocycles. The van der Waals surface area contributed by atoms with E-state index in [4.69, 9.17) is 11.6 Å². The first kappa shape index (κ1) is 10.1. The average molecular weight is 185 g/mol. The van der Waals surface area contributed by atoms with E-state index >= 15 is 0 Å². The summed E-state index contributed by atoms with van der Waals surface area (Å²) in [7, 11) is 4.08. The summed E-state index contributed by atoms with van der Waals surface area (Å²) in [6.07, 6.45) is 2.26. The van der Waals surface area contributed by atoms with Crippen LogP contribution >= 0.6 is 0 Å². The lowest BCUT2D eigenvalue weighted by Crippen LogP contribution is -2.47. The normalized spacial score (nSPS) is 21.8. The van der Waals surface area contributed by atoms with Crippen LogP contribution in [0.2, 0.25) is 0 Å². The molecule has 5 nitrogen and oxygen atoms in total.